The zero-order valence-electron chi connectivity index (χ0n) is 17.1. The van der Waals surface area contributed by atoms with Crippen LogP contribution >= 0.6 is 0 Å². The molecule has 3 aromatic heterocycles. The minimum atomic E-state index is -0.946. The molecule has 0 aliphatic heterocycles. The lowest BCUT2D eigenvalue weighted by Gasteiger charge is -2.19. The van der Waals surface area contributed by atoms with Gasteiger partial charge in [-0.1, -0.05) is 18.2 Å². The van der Waals surface area contributed by atoms with Crippen molar-refractivity contribution in [1.82, 2.24) is 19.5 Å². The molecule has 1 aliphatic rings. The van der Waals surface area contributed by atoms with Gasteiger partial charge in [-0.25, -0.2) is 15.0 Å². The third-order valence-electron chi connectivity index (χ3n) is 6.01. The van der Waals surface area contributed by atoms with E-state index >= 15 is 0 Å². The van der Waals surface area contributed by atoms with Crippen LogP contribution in [0.3, 0.4) is 0 Å². The number of nitrogens with zero attached hydrogens (tertiary/aromatic N) is 4. The summed E-state index contributed by atoms with van der Waals surface area (Å²) in [5.41, 5.74) is 9.45. The van der Waals surface area contributed by atoms with Crippen molar-refractivity contribution in [2.24, 2.45) is 0 Å². The molecule has 1 aromatic carbocycles. The summed E-state index contributed by atoms with van der Waals surface area (Å²) in [6, 6.07) is 11.6. The molecule has 0 fully saturated rings. The van der Waals surface area contributed by atoms with Gasteiger partial charge in [0.05, 0.1) is 16.9 Å². The highest BCUT2D eigenvalue weighted by Crippen LogP contribution is 2.34. The second-order valence-electron chi connectivity index (χ2n) is 7.86. The van der Waals surface area contributed by atoms with Gasteiger partial charge in [0.2, 0.25) is 0 Å². The van der Waals surface area contributed by atoms with Crippen molar-refractivity contribution in [1.29, 1.82) is 0 Å². The molecule has 4 aromatic rings. The third-order valence-corrected chi connectivity index (χ3v) is 6.01. The first-order valence-electron chi connectivity index (χ1n) is 10.3. The molecule has 0 radical (unpaired) electrons. The van der Waals surface area contributed by atoms with Crippen LogP contribution in [0.15, 0.2) is 60.6 Å². The smallest absolute Gasteiger partial charge is 0.146 e. The average Bonchev–Trinajstić information content (AvgIpc) is 3.34. The van der Waals surface area contributed by atoms with E-state index in [1.807, 2.05) is 42.1 Å². The van der Waals surface area contributed by atoms with Crippen molar-refractivity contribution < 1.29 is 10.2 Å². The molecule has 158 valence electrons. The lowest BCUT2D eigenvalue weighted by Crippen LogP contribution is -2.29. The Morgan fingerprint density at radius 1 is 1.10 bits per heavy atom. The Kier molecular flexibility index (Phi) is 4.80. The molecule has 8 heteroatoms. The molecule has 0 saturated carbocycles. The van der Waals surface area contributed by atoms with Gasteiger partial charge >= 0.3 is 0 Å². The van der Waals surface area contributed by atoms with Crippen LogP contribution in [0.1, 0.15) is 18.0 Å². The van der Waals surface area contributed by atoms with E-state index in [4.69, 9.17) is 5.73 Å². The van der Waals surface area contributed by atoms with Gasteiger partial charge in [-0.3, -0.25) is 0 Å². The Hall–Kier alpha value is -3.49. The topological polar surface area (TPSA) is 122 Å². The van der Waals surface area contributed by atoms with E-state index in [0.29, 0.717) is 17.9 Å². The standard InChI is InChI=1S/C23H24N6O2/c1-25-19-7-6-14-4-2-13(10-17(14)28-19)3-5-15-11-18(21(31)20(15)30)29-9-8-16-22(24)26-12-27-23(16)29/h2,4,6-12,18,20-21,30-31H,3,5H2,1H3,(H,25,28)(H2,24,26,27)/t18-,20-,21+/m1/s1. The van der Waals surface area contributed by atoms with Crippen LogP contribution in [0.4, 0.5) is 11.6 Å². The minimum absolute atomic E-state index is 0.396. The minimum Gasteiger partial charge on any atom is -0.388 e. The van der Waals surface area contributed by atoms with E-state index in [2.05, 4.69) is 38.5 Å². The van der Waals surface area contributed by atoms with Crippen LogP contribution in [0, 0.1) is 0 Å². The lowest BCUT2D eigenvalue weighted by molar-refractivity contribution is 0.0317. The zero-order valence-corrected chi connectivity index (χ0v) is 17.1. The number of nitrogen functional groups attached to an aromatic ring is 1. The van der Waals surface area contributed by atoms with Crippen molar-refractivity contribution in [3.8, 4) is 0 Å². The fourth-order valence-electron chi connectivity index (χ4n) is 4.28. The number of hydrogen-bond acceptors (Lipinski definition) is 7. The quantitative estimate of drug-likeness (QED) is 0.369. The van der Waals surface area contributed by atoms with Gasteiger partial charge in [-0.15, -0.1) is 0 Å². The zero-order chi connectivity index (χ0) is 21.5. The lowest BCUT2D eigenvalue weighted by atomic mass is 10.0. The van der Waals surface area contributed by atoms with Gasteiger partial charge in [0.15, 0.2) is 0 Å². The van der Waals surface area contributed by atoms with Crippen LogP contribution in [0.5, 0.6) is 0 Å². The number of fused-ring (bicyclic) bond motifs is 2. The first-order chi connectivity index (χ1) is 15.0. The number of aromatic nitrogens is 4. The van der Waals surface area contributed by atoms with Gasteiger partial charge in [0.25, 0.3) is 0 Å². The molecule has 3 heterocycles. The van der Waals surface area contributed by atoms with Crippen molar-refractivity contribution in [3.05, 3.63) is 66.1 Å². The number of nitrogens with one attached hydrogen (secondary N) is 1. The summed E-state index contributed by atoms with van der Waals surface area (Å²) >= 11 is 0. The number of anilines is 2. The Balaban J connectivity index is 1.39. The molecule has 8 nitrogen and oxygen atoms in total. The predicted molar refractivity (Wildman–Crippen MR) is 121 cm³/mol. The van der Waals surface area contributed by atoms with Crippen LogP contribution < -0.4 is 11.1 Å². The molecule has 5 rings (SSSR count). The highest BCUT2D eigenvalue weighted by molar-refractivity contribution is 5.86. The van der Waals surface area contributed by atoms with Crippen LogP contribution in [-0.2, 0) is 6.42 Å². The van der Waals surface area contributed by atoms with Gasteiger partial charge in [0, 0.05) is 18.6 Å². The number of rotatable bonds is 5. The maximum atomic E-state index is 10.7. The molecule has 0 unspecified atom stereocenters. The molecule has 0 spiro atoms. The molecule has 1 aliphatic carbocycles. The van der Waals surface area contributed by atoms with Crippen LogP contribution in [0.25, 0.3) is 21.9 Å². The molecule has 0 amide bonds. The summed E-state index contributed by atoms with van der Waals surface area (Å²) in [7, 11) is 1.85. The van der Waals surface area contributed by atoms with E-state index < -0.39 is 18.2 Å². The van der Waals surface area contributed by atoms with E-state index in [1.165, 1.54) is 6.33 Å². The van der Waals surface area contributed by atoms with Crippen molar-refractivity contribution >= 4 is 33.6 Å². The summed E-state index contributed by atoms with van der Waals surface area (Å²) in [5, 5.41) is 26.2. The summed E-state index contributed by atoms with van der Waals surface area (Å²) in [6.07, 6.45) is 4.68. The van der Waals surface area contributed by atoms with Crippen LogP contribution in [-0.4, -0.2) is 49.0 Å². The summed E-state index contributed by atoms with van der Waals surface area (Å²) in [4.78, 5) is 12.9. The van der Waals surface area contributed by atoms with Crippen LogP contribution in [0.2, 0.25) is 0 Å². The fourth-order valence-corrected chi connectivity index (χ4v) is 4.28. The highest BCUT2D eigenvalue weighted by Gasteiger charge is 2.36. The number of hydrogen-bond donors (Lipinski definition) is 4. The predicted octanol–water partition coefficient (Wildman–Crippen LogP) is 2.44. The van der Waals surface area contributed by atoms with Crippen molar-refractivity contribution in [2.75, 3.05) is 18.1 Å². The number of aliphatic hydroxyl groups is 2. The molecular formula is C23H24N6O2. The fraction of sp³-hybridized carbons (Fsp3) is 0.261. The monoisotopic (exact) mass is 416 g/mol. The second-order valence-corrected chi connectivity index (χ2v) is 7.86. The summed E-state index contributed by atoms with van der Waals surface area (Å²) in [5.74, 6) is 1.22. The Morgan fingerprint density at radius 3 is 2.77 bits per heavy atom. The summed E-state index contributed by atoms with van der Waals surface area (Å²) in [6.45, 7) is 0. The van der Waals surface area contributed by atoms with Gasteiger partial charge < -0.3 is 25.8 Å². The van der Waals surface area contributed by atoms with Gasteiger partial charge in [0.1, 0.15) is 35.8 Å². The molecule has 3 atom stereocenters. The van der Waals surface area contributed by atoms with Gasteiger partial charge in [-0.05, 0) is 48.2 Å². The maximum Gasteiger partial charge on any atom is 0.146 e. The Bertz CT molecular complexity index is 1300. The van der Waals surface area contributed by atoms with E-state index in [0.717, 1.165) is 39.7 Å². The molecule has 5 N–H and O–H groups in total. The van der Waals surface area contributed by atoms with E-state index in [9.17, 15) is 10.2 Å². The maximum absolute atomic E-state index is 10.7. The van der Waals surface area contributed by atoms with Gasteiger partial charge in [-0.2, -0.15) is 0 Å². The number of aliphatic hydroxyl groups excluding tert-OH is 2. The highest BCUT2D eigenvalue weighted by atomic mass is 16.3. The number of nitrogens with two attached hydrogens (primary N) is 1. The number of aryl methyl sites for hydroxylation is 1. The second kappa shape index (κ2) is 7.64. The Morgan fingerprint density at radius 2 is 1.94 bits per heavy atom. The average molecular weight is 416 g/mol. The first kappa shape index (κ1) is 19.5. The molecular weight excluding hydrogens is 392 g/mol. The van der Waals surface area contributed by atoms with Crippen molar-refractivity contribution in [2.45, 2.75) is 31.1 Å². The summed E-state index contributed by atoms with van der Waals surface area (Å²) < 4.78 is 1.84. The SMILES string of the molecule is CNc1ccc2ccc(CCC3=C[C@@H](n4ccc5c(N)ncnc54)[C@H](O)[C@@H]3O)cc2n1. The van der Waals surface area contributed by atoms with E-state index in [-0.39, 0.29) is 0 Å². The molecule has 0 bridgehead atoms. The Labute approximate surface area is 179 Å². The molecule has 0 saturated heterocycles. The van der Waals surface area contributed by atoms with E-state index in [1.54, 1.807) is 0 Å². The normalized spacial score (nSPS) is 21.0. The van der Waals surface area contributed by atoms with Crippen molar-refractivity contribution in [3.63, 3.8) is 0 Å². The largest absolute Gasteiger partial charge is 0.388 e. The number of benzene rings is 1. The third kappa shape index (κ3) is 3.39. The molecule has 31 heavy (non-hydrogen) atoms. The number of pyridine rings is 1. The first-order valence-corrected chi connectivity index (χ1v) is 10.3.